The quantitative estimate of drug-likeness (QED) is 0.143. The van der Waals surface area contributed by atoms with Crippen LogP contribution in [0.15, 0.2) is 0 Å². The Morgan fingerprint density at radius 1 is 0.460 bits per heavy atom. The molecule has 0 aliphatic heterocycles. The molecular weight excluding hydrogens is 640 g/mol. The van der Waals surface area contributed by atoms with E-state index in [9.17, 15) is 19.2 Å². The molecule has 0 amide bonds. The van der Waals surface area contributed by atoms with Crippen LogP contribution in [0.5, 0.6) is 0 Å². The number of fused-ring (bicyclic) bond motifs is 4. The van der Waals surface area contributed by atoms with Crippen molar-refractivity contribution < 1.29 is 39.6 Å². The van der Waals surface area contributed by atoms with Crippen molar-refractivity contribution in [1.29, 1.82) is 0 Å². The van der Waals surface area contributed by atoms with Crippen molar-refractivity contribution in [2.24, 2.45) is 91.9 Å². The highest BCUT2D eigenvalue weighted by molar-refractivity contribution is 5.69. The summed E-state index contributed by atoms with van der Waals surface area (Å²) in [6, 6.07) is 0. The fourth-order valence-electron chi connectivity index (χ4n) is 11.4. The maximum absolute atomic E-state index is 10.7. The second-order valence-corrected chi connectivity index (χ2v) is 18.1. The average Bonchev–Trinajstić information content (AvgIpc) is 3.91. The summed E-state index contributed by atoms with van der Waals surface area (Å²) < 4.78 is 0. The lowest BCUT2D eigenvalue weighted by Crippen LogP contribution is -2.37. The van der Waals surface area contributed by atoms with Gasteiger partial charge in [-0.1, -0.05) is 12.8 Å². The van der Waals surface area contributed by atoms with Crippen LogP contribution in [0.25, 0.3) is 0 Å². The van der Waals surface area contributed by atoms with Gasteiger partial charge in [0.15, 0.2) is 0 Å². The summed E-state index contributed by atoms with van der Waals surface area (Å²) in [7, 11) is 0. The minimum absolute atomic E-state index is 0.0312. The molecule has 11 unspecified atom stereocenters. The standard InChI is InChI=1S/2C10H17NO2.2C9H15NO2/c11-6-10(5-9(12)13)2-1-7-3-8(7)4-10;11-6-10(5-9(12)13)3-1-2-7-4-8(7)10;10-5-9(4-8(11)12)2-6-1-7(6)3-9;10-5-9(4-8(11)12)2-1-6-3-7(6)9/h2*7-8H,1-6,11H2,(H,12,13);2*6-7H,1-5,10H2,(H,11,12). The van der Waals surface area contributed by atoms with E-state index >= 15 is 0 Å². The second-order valence-electron chi connectivity index (χ2n) is 18.1. The molecule has 284 valence electrons. The van der Waals surface area contributed by atoms with Crippen molar-refractivity contribution in [3.05, 3.63) is 0 Å². The second kappa shape index (κ2) is 15.4. The van der Waals surface area contributed by atoms with E-state index < -0.39 is 23.9 Å². The fraction of sp³-hybridized carbons (Fsp3) is 0.895. The Morgan fingerprint density at radius 3 is 1.30 bits per heavy atom. The molecule has 0 aromatic heterocycles. The van der Waals surface area contributed by atoms with E-state index in [1.807, 2.05) is 0 Å². The van der Waals surface area contributed by atoms with Crippen molar-refractivity contribution >= 4 is 23.9 Å². The number of hydrogen-bond donors (Lipinski definition) is 8. The van der Waals surface area contributed by atoms with Gasteiger partial charge in [-0.15, -0.1) is 0 Å². The monoisotopic (exact) mass is 704 g/mol. The molecule has 0 heterocycles. The molecule has 8 saturated carbocycles. The fourth-order valence-corrected chi connectivity index (χ4v) is 11.4. The van der Waals surface area contributed by atoms with Crippen molar-refractivity contribution in [2.75, 3.05) is 26.2 Å². The third kappa shape index (κ3) is 9.19. The van der Waals surface area contributed by atoms with Crippen LogP contribution in [0, 0.1) is 69.0 Å². The van der Waals surface area contributed by atoms with Gasteiger partial charge in [0.2, 0.25) is 0 Å². The van der Waals surface area contributed by atoms with Crippen LogP contribution in [0.1, 0.15) is 116 Å². The minimum Gasteiger partial charge on any atom is -0.481 e. The van der Waals surface area contributed by atoms with Crippen LogP contribution < -0.4 is 22.9 Å². The lowest BCUT2D eigenvalue weighted by Gasteiger charge is -2.34. The molecule has 0 radical (unpaired) electrons. The van der Waals surface area contributed by atoms with Gasteiger partial charge in [0, 0.05) is 0 Å². The summed E-state index contributed by atoms with van der Waals surface area (Å²) >= 11 is 0. The molecule has 8 fully saturated rings. The first-order valence-electron chi connectivity index (χ1n) is 19.3. The first kappa shape index (κ1) is 38.9. The van der Waals surface area contributed by atoms with Crippen LogP contribution in [-0.2, 0) is 19.2 Å². The average molecular weight is 705 g/mol. The summed E-state index contributed by atoms with van der Waals surface area (Å²) in [5.74, 6) is 3.47. The maximum atomic E-state index is 10.7. The Morgan fingerprint density at radius 2 is 0.880 bits per heavy atom. The highest BCUT2D eigenvalue weighted by Crippen LogP contribution is 2.63. The van der Waals surface area contributed by atoms with E-state index in [1.54, 1.807) is 0 Å². The molecule has 0 saturated heterocycles. The van der Waals surface area contributed by atoms with Gasteiger partial charge in [0.05, 0.1) is 25.7 Å². The number of nitrogens with two attached hydrogens (primary N) is 4. The van der Waals surface area contributed by atoms with Gasteiger partial charge in [-0.05, 0) is 172 Å². The smallest absolute Gasteiger partial charge is 0.303 e. The Kier molecular flexibility index (Phi) is 12.0. The van der Waals surface area contributed by atoms with Crippen LogP contribution >= 0.6 is 0 Å². The number of carboxylic acids is 4. The molecule has 0 bridgehead atoms. The van der Waals surface area contributed by atoms with Gasteiger partial charge in [0.1, 0.15) is 0 Å². The third-order valence-electron chi connectivity index (χ3n) is 14.7. The molecule has 11 atom stereocenters. The molecule has 0 aromatic carbocycles. The summed E-state index contributed by atoms with van der Waals surface area (Å²) in [5, 5.41) is 35.1. The summed E-state index contributed by atoms with van der Waals surface area (Å²) in [6.07, 6.45) is 17.3. The number of hydrogen-bond acceptors (Lipinski definition) is 8. The highest BCUT2D eigenvalue weighted by atomic mass is 16.4. The predicted molar refractivity (Wildman–Crippen MR) is 188 cm³/mol. The molecule has 0 spiro atoms. The normalized spacial score (nSPS) is 43.3. The van der Waals surface area contributed by atoms with Gasteiger partial charge in [-0.25, -0.2) is 0 Å². The maximum Gasteiger partial charge on any atom is 0.303 e. The van der Waals surface area contributed by atoms with Gasteiger partial charge in [0.25, 0.3) is 0 Å². The zero-order valence-corrected chi connectivity index (χ0v) is 29.9. The molecule has 12 N–H and O–H groups in total. The first-order valence-corrected chi connectivity index (χ1v) is 19.3. The van der Waals surface area contributed by atoms with E-state index in [4.69, 9.17) is 43.4 Å². The molecule has 12 heteroatoms. The zero-order chi connectivity index (χ0) is 36.5. The molecule has 8 aliphatic carbocycles. The van der Waals surface area contributed by atoms with Gasteiger partial charge in [-0.3, -0.25) is 19.2 Å². The highest BCUT2D eigenvalue weighted by Gasteiger charge is 2.58. The Bertz CT molecular complexity index is 1260. The zero-order valence-electron chi connectivity index (χ0n) is 29.9. The molecule has 8 aliphatic rings. The van der Waals surface area contributed by atoms with E-state index in [-0.39, 0.29) is 47.3 Å². The predicted octanol–water partition coefficient (Wildman–Crippen LogP) is 4.12. The Balaban J connectivity index is 0.000000130. The lowest BCUT2D eigenvalue weighted by atomic mass is 9.71. The van der Waals surface area contributed by atoms with Crippen LogP contribution in [-0.4, -0.2) is 70.5 Å². The van der Waals surface area contributed by atoms with Gasteiger partial charge >= 0.3 is 23.9 Å². The van der Waals surface area contributed by atoms with E-state index in [0.29, 0.717) is 38.0 Å². The van der Waals surface area contributed by atoms with Crippen molar-refractivity contribution in [3.8, 4) is 0 Å². The van der Waals surface area contributed by atoms with E-state index in [0.717, 1.165) is 74.0 Å². The SMILES string of the molecule is NCC1(CC(=O)O)CC2CC2C1.NCC1(CC(=O)O)CCC2CC21.NCC1(CC(=O)O)CCC2CC2C1.NCC1(CC(=O)O)CCCC2CC21. The topological polar surface area (TPSA) is 253 Å². The van der Waals surface area contributed by atoms with Gasteiger partial charge < -0.3 is 43.4 Å². The van der Waals surface area contributed by atoms with Gasteiger partial charge in [-0.2, -0.15) is 0 Å². The van der Waals surface area contributed by atoms with Crippen LogP contribution in [0.2, 0.25) is 0 Å². The molecule has 50 heavy (non-hydrogen) atoms. The van der Waals surface area contributed by atoms with Crippen molar-refractivity contribution in [2.45, 2.75) is 116 Å². The first-order chi connectivity index (χ1) is 23.7. The van der Waals surface area contributed by atoms with E-state index in [2.05, 4.69) is 0 Å². The number of carbonyl (C=O) groups is 4. The minimum atomic E-state index is -0.693. The Labute approximate surface area is 296 Å². The molecule has 8 rings (SSSR count). The van der Waals surface area contributed by atoms with E-state index in [1.165, 1.54) is 51.4 Å². The molecular formula is C38H64N4O8. The summed E-state index contributed by atoms with van der Waals surface area (Å²) in [5.41, 5.74) is 22.6. The lowest BCUT2D eigenvalue weighted by molar-refractivity contribution is -0.141. The molecule has 12 nitrogen and oxygen atoms in total. The third-order valence-corrected chi connectivity index (χ3v) is 14.7. The summed E-state index contributed by atoms with van der Waals surface area (Å²) in [6.45, 7) is 2.20. The van der Waals surface area contributed by atoms with Crippen molar-refractivity contribution in [3.63, 3.8) is 0 Å². The summed E-state index contributed by atoms with van der Waals surface area (Å²) in [4.78, 5) is 42.6. The van der Waals surface area contributed by atoms with Crippen LogP contribution in [0.3, 0.4) is 0 Å². The molecule has 0 aromatic rings. The Hall–Kier alpha value is -2.28. The van der Waals surface area contributed by atoms with Crippen molar-refractivity contribution in [1.82, 2.24) is 0 Å². The number of carboxylic acid groups (broad SMARTS) is 4. The largest absolute Gasteiger partial charge is 0.481 e. The number of aliphatic carboxylic acids is 4. The van der Waals surface area contributed by atoms with Crippen LogP contribution in [0.4, 0.5) is 0 Å². The number of rotatable bonds is 12.